The van der Waals surface area contributed by atoms with Crippen LogP contribution in [0, 0.1) is 5.92 Å². The fraction of sp³-hybridized carbons (Fsp3) is 1.00. The molecular weight excluding hydrogens is 232 g/mol. The number of rotatable bonds is 4. The Labute approximate surface area is 119 Å². The van der Waals surface area contributed by atoms with Gasteiger partial charge < -0.3 is 5.32 Å². The van der Waals surface area contributed by atoms with Crippen molar-refractivity contribution in [2.24, 2.45) is 5.92 Å². The molecule has 110 valence electrons. The van der Waals surface area contributed by atoms with Crippen LogP contribution in [-0.2, 0) is 0 Å². The minimum atomic E-state index is 0.820. The summed E-state index contributed by atoms with van der Waals surface area (Å²) >= 11 is 0. The van der Waals surface area contributed by atoms with Crippen molar-refractivity contribution in [3.05, 3.63) is 0 Å². The first-order chi connectivity index (χ1) is 9.38. The van der Waals surface area contributed by atoms with Gasteiger partial charge in [-0.1, -0.05) is 13.3 Å². The lowest BCUT2D eigenvalue weighted by atomic mass is 9.85. The van der Waals surface area contributed by atoms with Gasteiger partial charge in [-0.2, -0.15) is 0 Å². The molecule has 19 heavy (non-hydrogen) atoms. The van der Waals surface area contributed by atoms with Crippen LogP contribution in [0.3, 0.4) is 0 Å². The van der Waals surface area contributed by atoms with E-state index in [4.69, 9.17) is 0 Å². The Morgan fingerprint density at radius 3 is 2.53 bits per heavy atom. The summed E-state index contributed by atoms with van der Waals surface area (Å²) < 4.78 is 0. The lowest BCUT2D eigenvalue weighted by Gasteiger charge is -2.45. The van der Waals surface area contributed by atoms with Crippen molar-refractivity contribution in [1.29, 1.82) is 0 Å². The molecule has 0 aromatic rings. The fourth-order valence-electron chi connectivity index (χ4n) is 4.91. The van der Waals surface area contributed by atoms with Crippen LogP contribution in [0.4, 0.5) is 0 Å². The van der Waals surface area contributed by atoms with Gasteiger partial charge in [0.2, 0.25) is 0 Å². The van der Waals surface area contributed by atoms with Gasteiger partial charge in [-0.05, 0) is 76.8 Å². The van der Waals surface area contributed by atoms with E-state index >= 15 is 0 Å². The van der Waals surface area contributed by atoms with Gasteiger partial charge in [0.1, 0.15) is 0 Å². The topological polar surface area (TPSA) is 15.3 Å². The van der Waals surface area contributed by atoms with Crippen molar-refractivity contribution in [1.82, 2.24) is 10.2 Å². The lowest BCUT2D eigenvalue weighted by Crippen LogP contribution is -2.50. The molecule has 2 heteroatoms. The smallest absolute Gasteiger partial charge is 0.0126 e. The summed E-state index contributed by atoms with van der Waals surface area (Å²) in [5, 5.41) is 3.72. The molecule has 1 heterocycles. The van der Waals surface area contributed by atoms with E-state index in [0.717, 1.165) is 24.0 Å². The van der Waals surface area contributed by atoms with Gasteiger partial charge in [0.25, 0.3) is 0 Å². The minimum Gasteiger partial charge on any atom is -0.314 e. The van der Waals surface area contributed by atoms with Crippen LogP contribution in [0.15, 0.2) is 0 Å². The molecule has 2 saturated carbocycles. The standard InChI is InChI=1S/C17H32N2/c1-2-12-18-15-8-10-16(11-9-15)19-13-4-6-14-5-3-7-17(14)19/h14-18H,2-13H2,1H3. The number of nitrogens with zero attached hydrogens (tertiary/aromatic N) is 1. The second-order valence-electron chi connectivity index (χ2n) is 7.10. The fourth-order valence-corrected chi connectivity index (χ4v) is 4.91. The molecule has 1 N–H and O–H groups in total. The first-order valence-corrected chi connectivity index (χ1v) is 8.87. The van der Waals surface area contributed by atoms with E-state index < -0.39 is 0 Å². The minimum absolute atomic E-state index is 0.820. The molecule has 2 atom stereocenters. The summed E-state index contributed by atoms with van der Waals surface area (Å²) in [6.45, 7) is 4.88. The zero-order chi connectivity index (χ0) is 13.1. The van der Waals surface area contributed by atoms with E-state index in [9.17, 15) is 0 Å². The Morgan fingerprint density at radius 2 is 1.74 bits per heavy atom. The van der Waals surface area contributed by atoms with E-state index in [-0.39, 0.29) is 0 Å². The molecule has 2 unspecified atom stereocenters. The van der Waals surface area contributed by atoms with E-state index in [1.807, 2.05) is 0 Å². The summed E-state index contributed by atoms with van der Waals surface area (Å²) in [5.41, 5.74) is 0. The van der Waals surface area contributed by atoms with Crippen LogP contribution in [0.25, 0.3) is 0 Å². The molecule has 0 bridgehead atoms. The van der Waals surface area contributed by atoms with Gasteiger partial charge in [-0.3, -0.25) is 4.90 Å². The van der Waals surface area contributed by atoms with Gasteiger partial charge in [-0.15, -0.1) is 0 Å². The van der Waals surface area contributed by atoms with Gasteiger partial charge in [0.15, 0.2) is 0 Å². The number of likely N-dealkylation sites (tertiary alicyclic amines) is 1. The Kier molecular flexibility index (Phi) is 4.81. The van der Waals surface area contributed by atoms with Gasteiger partial charge in [0.05, 0.1) is 0 Å². The summed E-state index contributed by atoms with van der Waals surface area (Å²) in [5.74, 6) is 1.06. The Bertz CT molecular complexity index is 270. The SMILES string of the molecule is CCCNC1CCC(N2CCCC3CCCC32)CC1. The highest BCUT2D eigenvalue weighted by Crippen LogP contribution is 2.39. The third-order valence-corrected chi connectivity index (χ3v) is 5.88. The van der Waals surface area contributed by atoms with Crippen molar-refractivity contribution in [3.8, 4) is 0 Å². The van der Waals surface area contributed by atoms with Crippen molar-refractivity contribution < 1.29 is 0 Å². The number of piperidine rings is 1. The van der Waals surface area contributed by atoms with Gasteiger partial charge in [0, 0.05) is 18.1 Å². The number of hydrogen-bond donors (Lipinski definition) is 1. The molecule has 0 aromatic heterocycles. The number of hydrogen-bond acceptors (Lipinski definition) is 2. The maximum Gasteiger partial charge on any atom is 0.0126 e. The van der Waals surface area contributed by atoms with E-state index in [0.29, 0.717) is 0 Å². The zero-order valence-electron chi connectivity index (χ0n) is 12.7. The quantitative estimate of drug-likeness (QED) is 0.835. The van der Waals surface area contributed by atoms with Crippen LogP contribution >= 0.6 is 0 Å². The molecule has 3 aliphatic rings. The van der Waals surface area contributed by atoms with Crippen LogP contribution in [0.1, 0.15) is 71.1 Å². The Morgan fingerprint density at radius 1 is 0.947 bits per heavy atom. The highest BCUT2D eigenvalue weighted by atomic mass is 15.2. The van der Waals surface area contributed by atoms with Crippen molar-refractivity contribution >= 4 is 0 Å². The maximum absolute atomic E-state index is 3.72. The summed E-state index contributed by atoms with van der Waals surface area (Å²) in [7, 11) is 0. The summed E-state index contributed by atoms with van der Waals surface area (Å²) in [6.07, 6.45) is 14.5. The summed E-state index contributed by atoms with van der Waals surface area (Å²) in [4.78, 5) is 2.94. The molecule has 0 spiro atoms. The molecular formula is C17H32N2. The molecule has 3 fully saturated rings. The highest BCUT2D eigenvalue weighted by molar-refractivity contribution is 4.94. The normalized spacial score (nSPS) is 40.3. The van der Waals surface area contributed by atoms with Crippen LogP contribution in [-0.4, -0.2) is 36.1 Å². The van der Waals surface area contributed by atoms with Gasteiger partial charge >= 0.3 is 0 Å². The van der Waals surface area contributed by atoms with Gasteiger partial charge in [-0.25, -0.2) is 0 Å². The Hall–Kier alpha value is -0.0800. The summed E-state index contributed by atoms with van der Waals surface area (Å²) in [6, 6.07) is 2.71. The van der Waals surface area contributed by atoms with E-state index in [1.54, 1.807) is 0 Å². The second-order valence-corrected chi connectivity index (χ2v) is 7.10. The van der Waals surface area contributed by atoms with Crippen molar-refractivity contribution in [2.45, 2.75) is 89.3 Å². The largest absolute Gasteiger partial charge is 0.314 e. The predicted octanol–water partition coefficient (Wildman–Crippen LogP) is 3.56. The molecule has 1 aliphatic heterocycles. The first-order valence-electron chi connectivity index (χ1n) is 8.87. The second kappa shape index (κ2) is 6.58. The van der Waals surface area contributed by atoms with Crippen LogP contribution in [0.2, 0.25) is 0 Å². The zero-order valence-corrected chi connectivity index (χ0v) is 12.7. The van der Waals surface area contributed by atoms with E-state index in [2.05, 4.69) is 17.1 Å². The average Bonchev–Trinajstić information content (AvgIpc) is 2.94. The number of nitrogens with one attached hydrogen (secondary N) is 1. The number of fused-ring (bicyclic) bond motifs is 1. The third-order valence-electron chi connectivity index (χ3n) is 5.88. The highest BCUT2D eigenvalue weighted by Gasteiger charge is 2.38. The van der Waals surface area contributed by atoms with Crippen molar-refractivity contribution in [3.63, 3.8) is 0 Å². The first kappa shape index (κ1) is 13.9. The molecule has 0 radical (unpaired) electrons. The average molecular weight is 264 g/mol. The molecule has 2 aliphatic carbocycles. The molecule has 2 nitrogen and oxygen atoms in total. The van der Waals surface area contributed by atoms with Crippen LogP contribution < -0.4 is 5.32 Å². The van der Waals surface area contributed by atoms with Crippen LogP contribution in [0.5, 0.6) is 0 Å². The third kappa shape index (κ3) is 3.16. The lowest BCUT2D eigenvalue weighted by molar-refractivity contribution is 0.0452. The van der Waals surface area contributed by atoms with Crippen molar-refractivity contribution in [2.75, 3.05) is 13.1 Å². The molecule has 1 saturated heterocycles. The van der Waals surface area contributed by atoms with E-state index in [1.165, 1.54) is 77.3 Å². The maximum atomic E-state index is 3.72. The monoisotopic (exact) mass is 264 g/mol. The molecule has 0 amide bonds. The molecule has 3 rings (SSSR count). The Balaban J connectivity index is 1.50. The predicted molar refractivity (Wildman–Crippen MR) is 81.4 cm³/mol. The molecule has 0 aromatic carbocycles.